The second-order valence-corrected chi connectivity index (χ2v) is 8.38. The molecule has 1 heterocycles. The van der Waals surface area contributed by atoms with Crippen molar-refractivity contribution in [1.29, 1.82) is 0 Å². The second kappa shape index (κ2) is 13.3. The molecule has 0 spiro atoms. The summed E-state index contributed by atoms with van der Waals surface area (Å²) >= 11 is 0. The van der Waals surface area contributed by atoms with Crippen molar-refractivity contribution in [3.05, 3.63) is 95.6 Å². The van der Waals surface area contributed by atoms with E-state index in [0.29, 0.717) is 24.2 Å². The number of aliphatic hydroxyl groups is 1. The zero-order valence-electron chi connectivity index (χ0n) is 21.3. The molecule has 8 heteroatoms. The first-order valence-corrected chi connectivity index (χ1v) is 11.9. The summed E-state index contributed by atoms with van der Waals surface area (Å²) in [5.74, 6) is 0.750. The molecule has 1 amide bonds. The monoisotopic (exact) mass is 672 g/mol. The quantitative estimate of drug-likeness (QED) is 0.233. The summed E-state index contributed by atoms with van der Waals surface area (Å²) in [6, 6.07) is 18.5. The van der Waals surface area contributed by atoms with Crippen molar-refractivity contribution in [2.45, 2.75) is 46.1 Å². The fourth-order valence-corrected chi connectivity index (χ4v) is 3.25. The van der Waals surface area contributed by atoms with E-state index in [2.05, 4.69) is 36.3 Å². The van der Waals surface area contributed by atoms with Crippen LogP contribution in [0.25, 0.3) is 16.6 Å². The first-order valence-electron chi connectivity index (χ1n) is 11.9. The summed E-state index contributed by atoms with van der Waals surface area (Å²) in [4.78, 5) is 15.7. The van der Waals surface area contributed by atoms with Gasteiger partial charge in [-0.25, -0.2) is 4.39 Å². The number of carbonyl (C=O) groups is 1. The molecule has 194 valence electrons. The third-order valence-corrected chi connectivity index (χ3v) is 5.65. The Hall–Kier alpha value is -3.28. The van der Waals surface area contributed by atoms with Gasteiger partial charge in [0.25, 0.3) is 5.91 Å². The van der Waals surface area contributed by atoms with E-state index in [1.54, 1.807) is 30.5 Å². The first kappa shape index (κ1) is 29.9. The predicted molar refractivity (Wildman–Crippen MR) is 142 cm³/mol. The number of nitrogens with zero attached hydrogens (tertiary/aromatic N) is 1. The zero-order valence-corrected chi connectivity index (χ0v) is 24.3. The molecule has 1 aromatic heterocycles. The number of aromatic nitrogens is 1. The maximum atomic E-state index is 12.5. The van der Waals surface area contributed by atoms with Gasteiger partial charge in [0.2, 0.25) is 0 Å². The largest absolute Gasteiger partial charge is 0.699 e. The molecule has 4 aromatic rings. The SMILES string of the molecule is CC.Cc1cc2nccc(Oc3ccc([NH-])cc3)c2cc1C.O=C(Nc1ccc(F)cc1)C1(O)CC1.[W]. The molecule has 3 N–H and O–H groups in total. The van der Waals surface area contributed by atoms with Crippen LogP contribution in [-0.2, 0) is 25.9 Å². The number of fused-ring (bicyclic) bond motifs is 1. The molecule has 1 aliphatic rings. The molecule has 37 heavy (non-hydrogen) atoms. The minimum Gasteiger partial charge on any atom is -0.699 e. The van der Waals surface area contributed by atoms with Gasteiger partial charge >= 0.3 is 0 Å². The maximum absolute atomic E-state index is 12.5. The van der Waals surface area contributed by atoms with E-state index in [-0.39, 0.29) is 26.9 Å². The molecule has 3 aromatic carbocycles. The van der Waals surface area contributed by atoms with Gasteiger partial charge in [-0.05, 0) is 92.4 Å². The van der Waals surface area contributed by atoms with Crippen LogP contribution in [-0.4, -0.2) is 21.6 Å². The normalized spacial score (nSPS) is 12.6. The van der Waals surface area contributed by atoms with Gasteiger partial charge in [0.15, 0.2) is 0 Å². The van der Waals surface area contributed by atoms with Crippen molar-refractivity contribution in [2.24, 2.45) is 0 Å². The Morgan fingerprint density at radius 2 is 1.59 bits per heavy atom. The Kier molecular flexibility index (Phi) is 10.8. The molecule has 5 rings (SSSR count). The van der Waals surface area contributed by atoms with E-state index < -0.39 is 11.5 Å². The van der Waals surface area contributed by atoms with Crippen LogP contribution in [0.5, 0.6) is 11.5 Å². The van der Waals surface area contributed by atoms with E-state index in [0.717, 1.165) is 22.4 Å². The summed E-state index contributed by atoms with van der Waals surface area (Å²) in [7, 11) is 0. The summed E-state index contributed by atoms with van der Waals surface area (Å²) < 4.78 is 18.4. The Bertz CT molecular complexity index is 1330. The summed E-state index contributed by atoms with van der Waals surface area (Å²) in [6.45, 7) is 8.16. The van der Waals surface area contributed by atoms with Crippen LogP contribution >= 0.6 is 0 Å². The third-order valence-electron chi connectivity index (χ3n) is 5.65. The van der Waals surface area contributed by atoms with Gasteiger partial charge in [-0.2, -0.15) is 0 Å². The smallest absolute Gasteiger partial charge is 0.256 e. The van der Waals surface area contributed by atoms with E-state index in [1.807, 2.05) is 19.9 Å². The van der Waals surface area contributed by atoms with Crippen molar-refractivity contribution >= 4 is 28.2 Å². The third kappa shape index (κ3) is 8.11. The van der Waals surface area contributed by atoms with Gasteiger partial charge < -0.3 is 20.9 Å². The molecule has 0 bridgehead atoms. The molecule has 0 unspecified atom stereocenters. The number of nitrogens with one attached hydrogen (secondary N) is 2. The van der Waals surface area contributed by atoms with Gasteiger partial charge in [0, 0.05) is 38.3 Å². The molecule has 1 saturated carbocycles. The molecule has 0 saturated heterocycles. The number of carbonyl (C=O) groups excluding carboxylic acids is 1. The molecule has 6 nitrogen and oxygen atoms in total. The zero-order chi connectivity index (χ0) is 26.3. The molecule has 0 atom stereocenters. The number of anilines is 1. The number of amides is 1. The van der Waals surface area contributed by atoms with Gasteiger partial charge in [-0.15, -0.1) is 5.69 Å². The second-order valence-electron chi connectivity index (χ2n) is 8.38. The fraction of sp³-hybridized carbons (Fsp3) is 0.241. The van der Waals surface area contributed by atoms with E-state index in [1.165, 1.54) is 35.4 Å². The molecule has 0 radical (unpaired) electrons. The number of rotatable bonds is 4. The van der Waals surface area contributed by atoms with Crippen LogP contribution < -0.4 is 10.1 Å². The van der Waals surface area contributed by atoms with Crippen molar-refractivity contribution in [3.8, 4) is 11.5 Å². The summed E-state index contributed by atoms with van der Waals surface area (Å²) in [5.41, 5.74) is 10.7. The van der Waals surface area contributed by atoms with E-state index in [9.17, 15) is 14.3 Å². The number of ether oxygens (including phenoxy) is 1. The van der Waals surface area contributed by atoms with Crippen molar-refractivity contribution in [1.82, 2.24) is 4.98 Å². The van der Waals surface area contributed by atoms with Crippen LogP contribution in [0.3, 0.4) is 0 Å². The average Bonchev–Trinajstić information content (AvgIpc) is 3.63. The van der Waals surface area contributed by atoms with E-state index in [4.69, 9.17) is 10.5 Å². The standard InChI is InChI=1S/C17H15N2O.C10H10FNO2.C2H6.W/c1-11-9-15-16(10-12(11)2)19-8-7-17(15)20-14-5-3-13(18)4-6-14;11-7-1-3-8(4-2-7)12-9(13)10(14)5-6-10;1-2;/h3-10,18H,1-2H3;1-4,14H,5-6H2,(H,12,13);1-2H3;/q-1;;;. The van der Waals surface area contributed by atoms with Gasteiger partial charge in [0.05, 0.1) is 5.52 Å². The van der Waals surface area contributed by atoms with Crippen molar-refractivity contribution in [2.75, 3.05) is 5.32 Å². The van der Waals surface area contributed by atoms with Gasteiger partial charge in [-0.3, -0.25) is 9.78 Å². The predicted octanol–water partition coefficient (Wildman–Crippen LogP) is 7.64. The Morgan fingerprint density at radius 3 is 2.19 bits per heavy atom. The van der Waals surface area contributed by atoms with Gasteiger partial charge in [-0.1, -0.05) is 26.0 Å². The van der Waals surface area contributed by atoms with Crippen LogP contribution in [0.1, 0.15) is 37.8 Å². The molecule has 1 aliphatic carbocycles. The first-order chi connectivity index (χ1) is 17.2. The fourth-order valence-electron chi connectivity index (χ4n) is 3.25. The Balaban J connectivity index is 0.000000250. The molecular formula is C29H31FN3O3W-. The summed E-state index contributed by atoms with van der Waals surface area (Å²) in [6.07, 6.45) is 2.76. The number of hydrogen-bond acceptors (Lipinski definition) is 4. The minimum absolute atomic E-state index is 0. The van der Waals surface area contributed by atoms with Crippen LogP contribution in [0.2, 0.25) is 0 Å². The summed E-state index contributed by atoms with van der Waals surface area (Å²) in [5, 5.41) is 12.9. The van der Waals surface area contributed by atoms with Crippen molar-refractivity contribution in [3.63, 3.8) is 0 Å². The van der Waals surface area contributed by atoms with Gasteiger partial charge in [0.1, 0.15) is 22.9 Å². The molecule has 0 aliphatic heterocycles. The molecular weight excluding hydrogens is 641 g/mol. The van der Waals surface area contributed by atoms with Crippen LogP contribution in [0.15, 0.2) is 72.9 Å². The Morgan fingerprint density at radius 1 is 1.00 bits per heavy atom. The topological polar surface area (TPSA) is 95.2 Å². The molecule has 1 fully saturated rings. The van der Waals surface area contributed by atoms with Crippen LogP contribution in [0.4, 0.5) is 15.8 Å². The minimum atomic E-state index is -1.19. The number of pyridine rings is 1. The van der Waals surface area contributed by atoms with Crippen molar-refractivity contribution < 1.29 is 40.1 Å². The number of aryl methyl sites for hydroxylation is 2. The number of hydrogen-bond donors (Lipinski definition) is 2. The number of benzene rings is 3. The van der Waals surface area contributed by atoms with E-state index >= 15 is 0 Å². The number of halogens is 1. The van der Waals surface area contributed by atoms with Crippen LogP contribution in [0, 0.1) is 19.7 Å². The Labute approximate surface area is 231 Å². The average molecular weight is 672 g/mol. The maximum Gasteiger partial charge on any atom is 0.256 e.